The largest absolute Gasteiger partial charge is 0.478 e. The Morgan fingerprint density at radius 1 is 1.53 bits per heavy atom. The van der Waals surface area contributed by atoms with E-state index in [9.17, 15) is 15.0 Å². The van der Waals surface area contributed by atoms with Gasteiger partial charge in [0.05, 0.1) is 23.5 Å². The number of aromatic carboxylic acids is 1. The number of hydrogen-bond acceptors (Lipinski definition) is 4. The summed E-state index contributed by atoms with van der Waals surface area (Å²) < 4.78 is 0. The van der Waals surface area contributed by atoms with Crippen LogP contribution in [0.1, 0.15) is 34.6 Å². The Morgan fingerprint density at radius 3 is 2.65 bits per heavy atom. The number of carboxylic acids is 1. The van der Waals surface area contributed by atoms with Crippen molar-refractivity contribution in [1.82, 2.24) is 4.98 Å². The van der Waals surface area contributed by atoms with Crippen LogP contribution in [0.3, 0.4) is 0 Å². The Labute approximate surface area is 99.5 Å². The normalized spacial score (nSPS) is 16.6. The van der Waals surface area contributed by atoms with E-state index in [-0.39, 0.29) is 17.7 Å². The molecule has 1 aliphatic rings. The molecule has 1 heterocycles. The molecule has 0 radical (unpaired) electrons. The lowest BCUT2D eigenvalue weighted by molar-refractivity contribution is 0.0696. The standard InChI is InChI=1S/C12H16N2O3/c1-7-5-9(14-12(6-15)3-4-12)10(11(16)17)8(2)13-7/h5,15H,3-4,6H2,1-2H3,(H,13,14)(H,16,17). The van der Waals surface area contributed by atoms with Gasteiger partial charge in [0.15, 0.2) is 0 Å². The predicted octanol–water partition coefficient (Wildman–Crippen LogP) is 1.33. The van der Waals surface area contributed by atoms with Crippen LogP contribution in [-0.4, -0.2) is 33.3 Å². The maximum Gasteiger partial charge on any atom is 0.339 e. The number of nitrogens with zero attached hydrogens (tertiary/aromatic N) is 1. The van der Waals surface area contributed by atoms with Crippen molar-refractivity contribution in [3.05, 3.63) is 23.0 Å². The van der Waals surface area contributed by atoms with Crippen LogP contribution in [0.4, 0.5) is 5.69 Å². The topological polar surface area (TPSA) is 82.5 Å². The third-order valence-electron chi connectivity index (χ3n) is 3.10. The monoisotopic (exact) mass is 236 g/mol. The van der Waals surface area contributed by atoms with Crippen molar-refractivity contribution in [2.24, 2.45) is 0 Å². The summed E-state index contributed by atoms with van der Waals surface area (Å²) in [7, 11) is 0. The molecule has 5 nitrogen and oxygen atoms in total. The van der Waals surface area contributed by atoms with Gasteiger partial charge < -0.3 is 15.5 Å². The molecule has 3 N–H and O–H groups in total. The number of aryl methyl sites for hydroxylation is 2. The third kappa shape index (κ3) is 2.24. The van der Waals surface area contributed by atoms with Crippen molar-refractivity contribution in [2.45, 2.75) is 32.2 Å². The van der Waals surface area contributed by atoms with Crippen molar-refractivity contribution in [2.75, 3.05) is 11.9 Å². The minimum absolute atomic E-state index is 0.0203. The number of carbonyl (C=O) groups is 1. The smallest absolute Gasteiger partial charge is 0.339 e. The molecule has 0 spiro atoms. The molecule has 2 rings (SSSR count). The fraction of sp³-hybridized carbons (Fsp3) is 0.500. The highest BCUT2D eigenvalue weighted by atomic mass is 16.4. The lowest BCUT2D eigenvalue weighted by Crippen LogP contribution is -2.27. The Hall–Kier alpha value is -1.62. The van der Waals surface area contributed by atoms with Crippen LogP contribution in [0.2, 0.25) is 0 Å². The molecule has 0 unspecified atom stereocenters. The molecule has 1 saturated carbocycles. The molecule has 0 aromatic carbocycles. The summed E-state index contributed by atoms with van der Waals surface area (Å²) in [4.78, 5) is 15.4. The van der Waals surface area contributed by atoms with Crippen LogP contribution in [0.15, 0.2) is 6.07 Å². The van der Waals surface area contributed by atoms with Gasteiger partial charge in [-0.15, -0.1) is 0 Å². The number of hydrogen-bond donors (Lipinski definition) is 3. The molecular weight excluding hydrogens is 220 g/mol. The van der Waals surface area contributed by atoms with E-state index in [2.05, 4.69) is 10.3 Å². The molecule has 0 aliphatic heterocycles. The van der Waals surface area contributed by atoms with Crippen molar-refractivity contribution in [3.8, 4) is 0 Å². The zero-order valence-corrected chi connectivity index (χ0v) is 9.95. The fourth-order valence-electron chi connectivity index (χ4n) is 1.96. The number of carboxylic acid groups (broad SMARTS) is 1. The second-order valence-electron chi connectivity index (χ2n) is 4.64. The molecule has 0 saturated heterocycles. The first kappa shape index (κ1) is 11.9. The van der Waals surface area contributed by atoms with E-state index in [1.807, 2.05) is 6.92 Å². The van der Waals surface area contributed by atoms with E-state index in [0.717, 1.165) is 18.5 Å². The molecular formula is C12H16N2O3. The van der Waals surface area contributed by atoms with Gasteiger partial charge in [0.1, 0.15) is 5.56 Å². The van der Waals surface area contributed by atoms with Crippen LogP contribution < -0.4 is 5.32 Å². The van der Waals surface area contributed by atoms with Crippen molar-refractivity contribution in [3.63, 3.8) is 0 Å². The molecule has 0 atom stereocenters. The minimum atomic E-state index is -0.994. The number of pyridine rings is 1. The van der Waals surface area contributed by atoms with Gasteiger partial charge in [-0.3, -0.25) is 4.98 Å². The second kappa shape index (κ2) is 4.00. The van der Waals surface area contributed by atoms with Crippen molar-refractivity contribution < 1.29 is 15.0 Å². The molecule has 92 valence electrons. The predicted molar refractivity (Wildman–Crippen MR) is 63.3 cm³/mol. The Kier molecular flexibility index (Phi) is 2.79. The first-order chi connectivity index (χ1) is 7.97. The Balaban J connectivity index is 2.41. The van der Waals surface area contributed by atoms with Gasteiger partial charge in [-0.2, -0.15) is 0 Å². The molecule has 0 bridgehead atoms. The van der Waals surface area contributed by atoms with E-state index in [4.69, 9.17) is 0 Å². The Morgan fingerprint density at radius 2 is 2.18 bits per heavy atom. The number of aliphatic hydroxyl groups excluding tert-OH is 1. The minimum Gasteiger partial charge on any atom is -0.478 e. The lowest BCUT2D eigenvalue weighted by atomic mass is 10.1. The summed E-state index contributed by atoms with van der Waals surface area (Å²) in [5, 5.41) is 21.6. The van der Waals surface area contributed by atoms with Crippen molar-refractivity contribution in [1.29, 1.82) is 0 Å². The fourth-order valence-corrected chi connectivity index (χ4v) is 1.96. The number of rotatable bonds is 4. The molecule has 17 heavy (non-hydrogen) atoms. The lowest BCUT2D eigenvalue weighted by Gasteiger charge is -2.19. The number of aliphatic hydroxyl groups is 1. The average molecular weight is 236 g/mol. The molecule has 5 heteroatoms. The summed E-state index contributed by atoms with van der Waals surface area (Å²) in [5.41, 5.74) is 1.67. The SMILES string of the molecule is Cc1cc(NC2(CO)CC2)c(C(=O)O)c(C)n1. The highest BCUT2D eigenvalue weighted by Crippen LogP contribution is 2.39. The van der Waals surface area contributed by atoms with Gasteiger partial charge in [0.25, 0.3) is 0 Å². The zero-order chi connectivity index (χ0) is 12.6. The summed E-state index contributed by atoms with van der Waals surface area (Å²) in [5.74, 6) is -0.994. The molecule has 0 amide bonds. The van der Waals surface area contributed by atoms with Gasteiger partial charge in [-0.05, 0) is 32.8 Å². The van der Waals surface area contributed by atoms with Gasteiger partial charge in [-0.1, -0.05) is 0 Å². The summed E-state index contributed by atoms with van der Waals surface area (Å²) >= 11 is 0. The van der Waals surface area contributed by atoms with Crippen molar-refractivity contribution >= 4 is 11.7 Å². The first-order valence-electron chi connectivity index (χ1n) is 5.58. The number of aromatic nitrogens is 1. The van der Waals surface area contributed by atoms with E-state index >= 15 is 0 Å². The molecule has 1 aliphatic carbocycles. The van der Waals surface area contributed by atoms with Gasteiger partial charge in [0.2, 0.25) is 0 Å². The molecule has 1 aromatic rings. The van der Waals surface area contributed by atoms with Crippen LogP contribution in [0.25, 0.3) is 0 Å². The second-order valence-corrected chi connectivity index (χ2v) is 4.64. The van der Waals surface area contributed by atoms with Crippen LogP contribution in [-0.2, 0) is 0 Å². The quantitative estimate of drug-likeness (QED) is 0.734. The zero-order valence-electron chi connectivity index (χ0n) is 9.95. The van der Waals surface area contributed by atoms with E-state index in [1.165, 1.54) is 0 Å². The van der Waals surface area contributed by atoms with Crippen LogP contribution in [0, 0.1) is 13.8 Å². The van der Waals surface area contributed by atoms with Crippen LogP contribution in [0.5, 0.6) is 0 Å². The van der Waals surface area contributed by atoms with Crippen LogP contribution >= 0.6 is 0 Å². The summed E-state index contributed by atoms with van der Waals surface area (Å²) in [6.07, 6.45) is 1.73. The van der Waals surface area contributed by atoms with Gasteiger partial charge in [0, 0.05) is 5.69 Å². The average Bonchev–Trinajstić information content (AvgIpc) is 2.96. The Bertz CT molecular complexity index is 467. The first-order valence-corrected chi connectivity index (χ1v) is 5.58. The number of nitrogens with one attached hydrogen (secondary N) is 1. The molecule has 1 fully saturated rings. The highest BCUT2D eigenvalue weighted by Gasteiger charge is 2.42. The highest BCUT2D eigenvalue weighted by molar-refractivity contribution is 5.95. The maximum atomic E-state index is 11.2. The maximum absolute atomic E-state index is 11.2. The van der Waals surface area contributed by atoms with E-state index < -0.39 is 5.97 Å². The summed E-state index contributed by atoms with van der Waals surface area (Å²) in [6.45, 7) is 3.52. The molecule has 1 aromatic heterocycles. The third-order valence-corrected chi connectivity index (χ3v) is 3.10. The van der Waals surface area contributed by atoms with E-state index in [1.54, 1.807) is 13.0 Å². The van der Waals surface area contributed by atoms with Gasteiger partial charge >= 0.3 is 5.97 Å². The van der Waals surface area contributed by atoms with Gasteiger partial charge in [-0.25, -0.2) is 4.79 Å². The van der Waals surface area contributed by atoms with E-state index in [0.29, 0.717) is 11.4 Å². The summed E-state index contributed by atoms with van der Waals surface area (Å²) in [6, 6.07) is 1.71. The number of anilines is 1.